The lowest BCUT2D eigenvalue weighted by atomic mass is 10.2. The molecule has 0 fully saturated rings. The summed E-state index contributed by atoms with van der Waals surface area (Å²) in [5.74, 6) is -0.230. The van der Waals surface area contributed by atoms with Crippen molar-refractivity contribution in [2.75, 3.05) is 24.2 Å². The van der Waals surface area contributed by atoms with Gasteiger partial charge in [-0.15, -0.1) is 11.3 Å². The van der Waals surface area contributed by atoms with Gasteiger partial charge in [-0.25, -0.2) is 4.79 Å². The lowest BCUT2D eigenvalue weighted by Crippen LogP contribution is -2.41. The number of carbonyl (C=O) groups excluding carboxylic acids is 1. The van der Waals surface area contributed by atoms with Crippen LogP contribution < -0.4 is 27.2 Å². The maximum absolute atomic E-state index is 12.4. The van der Waals surface area contributed by atoms with Crippen molar-refractivity contribution in [2.45, 2.75) is 20.0 Å². The van der Waals surface area contributed by atoms with Crippen LogP contribution in [0.4, 0.5) is 11.5 Å². The van der Waals surface area contributed by atoms with Crippen LogP contribution in [0.3, 0.4) is 0 Å². The molecule has 0 atom stereocenters. The van der Waals surface area contributed by atoms with Crippen LogP contribution in [0.25, 0.3) is 0 Å². The van der Waals surface area contributed by atoms with E-state index in [-0.39, 0.29) is 30.5 Å². The Morgan fingerprint density at radius 1 is 1.24 bits per heavy atom. The van der Waals surface area contributed by atoms with E-state index in [0.717, 1.165) is 16.0 Å². The number of aromatic amines is 1. The van der Waals surface area contributed by atoms with E-state index >= 15 is 0 Å². The summed E-state index contributed by atoms with van der Waals surface area (Å²) in [4.78, 5) is 41.8. The predicted octanol–water partition coefficient (Wildman–Crippen LogP) is 1.29. The summed E-state index contributed by atoms with van der Waals surface area (Å²) in [5, 5.41) is 4.81. The Hall–Kier alpha value is -3.33. The van der Waals surface area contributed by atoms with E-state index in [2.05, 4.69) is 10.3 Å². The first-order chi connectivity index (χ1) is 13.9. The van der Waals surface area contributed by atoms with Gasteiger partial charge >= 0.3 is 5.69 Å². The maximum atomic E-state index is 12.4. The molecule has 2 aromatic heterocycles. The molecule has 2 heterocycles. The average Bonchev–Trinajstić information content (AvgIpc) is 3.09. The number of H-pyrrole nitrogens is 1. The molecule has 3 aromatic rings. The summed E-state index contributed by atoms with van der Waals surface area (Å²) >= 11 is 1.57. The van der Waals surface area contributed by atoms with Crippen LogP contribution in [0.1, 0.15) is 16.0 Å². The molecule has 0 unspecified atom stereocenters. The van der Waals surface area contributed by atoms with Crippen molar-refractivity contribution < 1.29 is 4.79 Å². The molecule has 3 rings (SSSR count). The highest BCUT2D eigenvalue weighted by atomic mass is 32.1. The Morgan fingerprint density at radius 2 is 1.97 bits per heavy atom. The summed E-state index contributed by atoms with van der Waals surface area (Å²) in [5.41, 5.74) is 7.01. The molecule has 0 aliphatic heterocycles. The zero-order valence-electron chi connectivity index (χ0n) is 16.3. The van der Waals surface area contributed by atoms with Crippen molar-refractivity contribution in [3.63, 3.8) is 0 Å². The van der Waals surface area contributed by atoms with Crippen LogP contribution in [0.2, 0.25) is 0 Å². The van der Waals surface area contributed by atoms with Crippen molar-refractivity contribution >= 4 is 28.7 Å². The van der Waals surface area contributed by atoms with Gasteiger partial charge in [-0.2, -0.15) is 0 Å². The van der Waals surface area contributed by atoms with E-state index in [1.165, 1.54) is 9.47 Å². The Balaban J connectivity index is 1.77. The van der Waals surface area contributed by atoms with Gasteiger partial charge in [-0.3, -0.25) is 19.1 Å². The minimum absolute atomic E-state index is 0.0204. The van der Waals surface area contributed by atoms with Gasteiger partial charge in [0.15, 0.2) is 0 Å². The number of benzene rings is 1. The zero-order valence-corrected chi connectivity index (χ0v) is 17.1. The number of rotatable bonds is 7. The molecule has 0 saturated carbocycles. The van der Waals surface area contributed by atoms with Gasteiger partial charge in [-0.1, -0.05) is 30.3 Å². The first kappa shape index (κ1) is 20.4. The molecule has 0 saturated heterocycles. The summed E-state index contributed by atoms with van der Waals surface area (Å²) in [6.45, 7) is 2.56. The molecule has 0 spiro atoms. The van der Waals surface area contributed by atoms with Crippen molar-refractivity contribution in [1.29, 1.82) is 0 Å². The number of likely N-dealkylation sites (N-methyl/N-ethyl adjacent to an activating group) is 1. The second-order valence-corrected chi connectivity index (χ2v) is 7.73. The maximum Gasteiger partial charge on any atom is 0.330 e. The minimum Gasteiger partial charge on any atom is -0.383 e. The number of nitrogens with one attached hydrogen (secondary N) is 2. The molecule has 0 bridgehead atoms. The van der Waals surface area contributed by atoms with Crippen LogP contribution in [0, 0.1) is 6.92 Å². The second kappa shape index (κ2) is 8.78. The molecule has 0 aliphatic carbocycles. The number of amides is 1. The SMILES string of the molecule is Cc1ccsc1CNC(=O)CN(C)c1c(N)n(Cc2ccccc2)c(=O)[nH]c1=O. The van der Waals surface area contributed by atoms with Crippen molar-refractivity contribution in [2.24, 2.45) is 0 Å². The fraction of sp³-hybridized carbons (Fsp3) is 0.250. The standard InChI is InChI=1S/C20H23N5O3S/c1-13-8-9-29-15(13)10-22-16(26)12-24(2)17-18(21)25(20(28)23-19(17)27)11-14-6-4-3-5-7-14/h3-9H,10-12,21H2,1-2H3,(H,22,26)(H,23,27,28). The summed E-state index contributed by atoms with van der Waals surface area (Å²) in [6, 6.07) is 11.3. The molecule has 9 heteroatoms. The first-order valence-corrected chi connectivity index (χ1v) is 9.92. The zero-order chi connectivity index (χ0) is 21.0. The number of aryl methyl sites for hydroxylation is 1. The van der Waals surface area contributed by atoms with Crippen molar-refractivity contribution in [3.05, 3.63) is 78.6 Å². The van der Waals surface area contributed by atoms with Crippen molar-refractivity contribution in [3.8, 4) is 0 Å². The summed E-state index contributed by atoms with van der Waals surface area (Å²) in [7, 11) is 1.59. The predicted molar refractivity (Wildman–Crippen MR) is 115 cm³/mol. The van der Waals surface area contributed by atoms with Gasteiger partial charge in [0, 0.05) is 11.9 Å². The summed E-state index contributed by atoms with van der Waals surface area (Å²) < 4.78 is 1.29. The van der Waals surface area contributed by atoms with Gasteiger partial charge in [0.2, 0.25) is 5.91 Å². The van der Waals surface area contributed by atoms with Crippen LogP contribution in [0.5, 0.6) is 0 Å². The van der Waals surface area contributed by atoms with Crippen LogP contribution in [-0.2, 0) is 17.9 Å². The van der Waals surface area contributed by atoms with E-state index in [1.54, 1.807) is 18.4 Å². The number of nitrogens with zero attached hydrogens (tertiary/aromatic N) is 2. The molecule has 1 aromatic carbocycles. The third-order valence-electron chi connectivity index (χ3n) is 4.57. The highest BCUT2D eigenvalue weighted by Gasteiger charge is 2.18. The molecule has 0 radical (unpaired) electrons. The van der Waals surface area contributed by atoms with Crippen LogP contribution in [0.15, 0.2) is 51.4 Å². The lowest BCUT2D eigenvalue weighted by molar-refractivity contribution is -0.119. The molecular formula is C20H23N5O3S. The Morgan fingerprint density at radius 3 is 2.62 bits per heavy atom. The van der Waals surface area contributed by atoms with E-state index in [4.69, 9.17) is 5.73 Å². The number of anilines is 2. The number of hydrogen-bond acceptors (Lipinski definition) is 6. The van der Waals surface area contributed by atoms with Gasteiger partial charge in [0.25, 0.3) is 5.56 Å². The molecule has 8 nitrogen and oxygen atoms in total. The fourth-order valence-corrected chi connectivity index (χ4v) is 3.83. The molecular weight excluding hydrogens is 390 g/mol. The third kappa shape index (κ3) is 4.75. The third-order valence-corrected chi connectivity index (χ3v) is 5.60. The number of carbonyl (C=O) groups is 1. The monoisotopic (exact) mass is 413 g/mol. The highest BCUT2D eigenvalue weighted by Crippen LogP contribution is 2.17. The number of aromatic nitrogens is 2. The van der Waals surface area contributed by atoms with Gasteiger partial charge < -0.3 is 16.0 Å². The summed E-state index contributed by atoms with van der Waals surface area (Å²) in [6.07, 6.45) is 0. The van der Waals surface area contributed by atoms with Gasteiger partial charge in [0.05, 0.1) is 19.6 Å². The lowest BCUT2D eigenvalue weighted by Gasteiger charge is -2.21. The highest BCUT2D eigenvalue weighted by molar-refractivity contribution is 7.10. The minimum atomic E-state index is -0.624. The molecule has 1 amide bonds. The van der Waals surface area contributed by atoms with E-state index in [1.807, 2.05) is 48.7 Å². The van der Waals surface area contributed by atoms with Crippen LogP contribution >= 0.6 is 11.3 Å². The Bertz CT molecular complexity index is 1120. The van der Waals surface area contributed by atoms with Gasteiger partial charge in [-0.05, 0) is 29.5 Å². The van der Waals surface area contributed by atoms with E-state index in [0.29, 0.717) is 6.54 Å². The van der Waals surface area contributed by atoms with E-state index < -0.39 is 11.2 Å². The fourth-order valence-electron chi connectivity index (χ4n) is 2.98. The second-order valence-electron chi connectivity index (χ2n) is 6.72. The number of nitrogen functional groups attached to an aromatic ring is 1. The Kier molecular flexibility index (Phi) is 6.18. The quantitative estimate of drug-likeness (QED) is 0.540. The molecule has 4 N–H and O–H groups in total. The first-order valence-electron chi connectivity index (χ1n) is 9.04. The Labute approximate surface area is 171 Å². The average molecular weight is 414 g/mol. The van der Waals surface area contributed by atoms with E-state index in [9.17, 15) is 14.4 Å². The normalized spacial score (nSPS) is 10.7. The smallest absolute Gasteiger partial charge is 0.330 e. The molecule has 29 heavy (non-hydrogen) atoms. The molecule has 0 aliphatic rings. The molecule has 152 valence electrons. The number of hydrogen-bond donors (Lipinski definition) is 3. The van der Waals surface area contributed by atoms with Crippen LogP contribution in [-0.4, -0.2) is 29.1 Å². The van der Waals surface area contributed by atoms with Crippen molar-refractivity contribution in [1.82, 2.24) is 14.9 Å². The number of thiophene rings is 1. The largest absolute Gasteiger partial charge is 0.383 e. The number of nitrogens with two attached hydrogens (primary N) is 1. The van der Waals surface area contributed by atoms with Gasteiger partial charge in [0.1, 0.15) is 11.5 Å². The topological polar surface area (TPSA) is 113 Å².